The first-order valence-corrected chi connectivity index (χ1v) is 3.62. The molecule has 1 aromatic heterocycles. The number of nitrogens with zero attached hydrogens (tertiary/aromatic N) is 2. The Balaban J connectivity index is 2.17. The second-order valence-corrected chi connectivity index (χ2v) is 2.47. The number of hydrogen-bond acceptors (Lipinski definition) is 3. The van der Waals surface area contributed by atoms with E-state index in [1.165, 1.54) is 0 Å². The SMILES string of the molecule is C1=NCC(c2ccccn2)N1. The summed E-state index contributed by atoms with van der Waals surface area (Å²) in [4.78, 5) is 8.28. The van der Waals surface area contributed by atoms with Crippen molar-refractivity contribution in [1.82, 2.24) is 10.3 Å². The first-order chi connectivity index (χ1) is 5.47. The van der Waals surface area contributed by atoms with E-state index in [0.717, 1.165) is 12.2 Å². The fourth-order valence-corrected chi connectivity index (χ4v) is 1.11. The highest BCUT2D eigenvalue weighted by molar-refractivity contribution is 5.57. The topological polar surface area (TPSA) is 37.3 Å². The standard InChI is InChI=1S/C8H9N3/c1-2-4-10-7(3-1)8-5-9-6-11-8/h1-4,6,8H,5H2,(H,9,11). The number of nitrogens with one attached hydrogen (secondary N) is 1. The van der Waals surface area contributed by atoms with Crippen LogP contribution >= 0.6 is 0 Å². The summed E-state index contributed by atoms with van der Waals surface area (Å²) in [5, 5.41) is 3.12. The molecule has 0 aromatic carbocycles. The van der Waals surface area contributed by atoms with Crippen LogP contribution < -0.4 is 5.32 Å². The summed E-state index contributed by atoms with van der Waals surface area (Å²) >= 11 is 0. The molecule has 2 rings (SSSR count). The summed E-state index contributed by atoms with van der Waals surface area (Å²) in [7, 11) is 0. The van der Waals surface area contributed by atoms with Crippen molar-refractivity contribution in [2.45, 2.75) is 6.04 Å². The molecule has 1 aromatic rings. The summed E-state index contributed by atoms with van der Waals surface area (Å²) in [6, 6.07) is 6.20. The second kappa shape index (κ2) is 2.70. The molecule has 0 amide bonds. The van der Waals surface area contributed by atoms with Gasteiger partial charge in [0.15, 0.2) is 0 Å². The predicted molar refractivity (Wildman–Crippen MR) is 43.5 cm³/mol. The predicted octanol–water partition coefficient (Wildman–Crippen LogP) is 0.754. The van der Waals surface area contributed by atoms with E-state index in [-0.39, 0.29) is 6.04 Å². The van der Waals surface area contributed by atoms with Crippen LogP contribution in [0.2, 0.25) is 0 Å². The van der Waals surface area contributed by atoms with Gasteiger partial charge in [0.25, 0.3) is 0 Å². The van der Waals surface area contributed by atoms with Crippen molar-refractivity contribution in [3.63, 3.8) is 0 Å². The number of aromatic nitrogens is 1. The molecule has 3 nitrogen and oxygen atoms in total. The molecule has 56 valence electrons. The average molecular weight is 147 g/mol. The van der Waals surface area contributed by atoms with E-state index < -0.39 is 0 Å². The molecule has 1 aliphatic rings. The third kappa shape index (κ3) is 1.22. The Hall–Kier alpha value is -1.38. The Labute approximate surface area is 65.2 Å². The van der Waals surface area contributed by atoms with E-state index in [2.05, 4.69) is 15.3 Å². The highest BCUT2D eigenvalue weighted by Crippen LogP contribution is 2.11. The molecule has 11 heavy (non-hydrogen) atoms. The second-order valence-electron chi connectivity index (χ2n) is 2.47. The van der Waals surface area contributed by atoms with Gasteiger partial charge in [0.2, 0.25) is 0 Å². The highest BCUT2D eigenvalue weighted by atomic mass is 15.1. The summed E-state index contributed by atoms with van der Waals surface area (Å²) in [6.07, 6.45) is 3.54. The lowest BCUT2D eigenvalue weighted by molar-refractivity contribution is 0.688. The van der Waals surface area contributed by atoms with Crippen LogP contribution in [0.4, 0.5) is 0 Å². The molecule has 1 N–H and O–H groups in total. The summed E-state index contributed by atoms with van der Waals surface area (Å²) in [5.41, 5.74) is 1.06. The molecule has 3 heteroatoms. The Morgan fingerprint density at radius 2 is 2.45 bits per heavy atom. The van der Waals surface area contributed by atoms with Gasteiger partial charge in [-0.15, -0.1) is 0 Å². The Morgan fingerprint density at radius 3 is 3.09 bits per heavy atom. The largest absolute Gasteiger partial charge is 0.366 e. The molecule has 1 unspecified atom stereocenters. The number of aliphatic imine (C=N–C) groups is 1. The van der Waals surface area contributed by atoms with E-state index in [1.54, 1.807) is 12.5 Å². The molecule has 0 saturated carbocycles. The van der Waals surface area contributed by atoms with Gasteiger partial charge in [-0.05, 0) is 12.1 Å². The van der Waals surface area contributed by atoms with Crippen molar-refractivity contribution in [3.8, 4) is 0 Å². The van der Waals surface area contributed by atoms with E-state index in [0.29, 0.717) is 0 Å². The van der Waals surface area contributed by atoms with Crippen LogP contribution in [0.1, 0.15) is 11.7 Å². The highest BCUT2D eigenvalue weighted by Gasteiger charge is 2.12. The van der Waals surface area contributed by atoms with Crippen molar-refractivity contribution < 1.29 is 0 Å². The zero-order chi connectivity index (χ0) is 7.52. The maximum atomic E-state index is 4.22. The van der Waals surface area contributed by atoms with Gasteiger partial charge in [0, 0.05) is 6.20 Å². The average Bonchev–Trinajstić information content (AvgIpc) is 2.58. The zero-order valence-corrected chi connectivity index (χ0v) is 6.07. The van der Waals surface area contributed by atoms with Gasteiger partial charge in [-0.2, -0.15) is 0 Å². The zero-order valence-electron chi connectivity index (χ0n) is 6.07. The Kier molecular flexibility index (Phi) is 1.55. The Bertz CT molecular complexity index is 247. The van der Waals surface area contributed by atoms with Crippen molar-refractivity contribution >= 4 is 6.34 Å². The Morgan fingerprint density at radius 1 is 1.45 bits per heavy atom. The van der Waals surface area contributed by atoms with Gasteiger partial charge < -0.3 is 5.32 Å². The minimum absolute atomic E-state index is 0.288. The van der Waals surface area contributed by atoms with Crippen LogP contribution in [0.25, 0.3) is 0 Å². The van der Waals surface area contributed by atoms with Gasteiger partial charge in [-0.3, -0.25) is 9.98 Å². The lowest BCUT2D eigenvalue weighted by Crippen LogP contribution is -2.16. The van der Waals surface area contributed by atoms with Crippen molar-refractivity contribution in [1.29, 1.82) is 0 Å². The van der Waals surface area contributed by atoms with Gasteiger partial charge in [0.1, 0.15) is 0 Å². The normalized spacial score (nSPS) is 21.6. The van der Waals surface area contributed by atoms with Gasteiger partial charge >= 0.3 is 0 Å². The monoisotopic (exact) mass is 147 g/mol. The third-order valence-corrected chi connectivity index (χ3v) is 1.70. The van der Waals surface area contributed by atoms with E-state index in [1.807, 2.05) is 18.2 Å². The lowest BCUT2D eigenvalue weighted by atomic mass is 10.2. The molecule has 0 radical (unpaired) electrons. The summed E-state index contributed by atoms with van der Waals surface area (Å²) in [5.74, 6) is 0. The molecule has 0 aliphatic carbocycles. The van der Waals surface area contributed by atoms with E-state index >= 15 is 0 Å². The van der Waals surface area contributed by atoms with E-state index in [9.17, 15) is 0 Å². The molecule has 0 bridgehead atoms. The lowest BCUT2D eigenvalue weighted by Gasteiger charge is -2.06. The molecule has 2 heterocycles. The van der Waals surface area contributed by atoms with Gasteiger partial charge in [0.05, 0.1) is 24.6 Å². The van der Waals surface area contributed by atoms with Crippen molar-refractivity contribution in [2.75, 3.05) is 6.54 Å². The van der Waals surface area contributed by atoms with Crippen molar-refractivity contribution in [3.05, 3.63) is 30.1 Å². The fourth-order valence-electron chi connectivity index (χ4n) is 1.11. The van der Waals surface area contributed by atoms with Crippen LogP contribution in [-0.4, -0.2) is 17.9 Å². The summed E-state index contributed by atoms with van der Waals surface area (Å²) in [6.45, 7) is 0.803. The molecule has 0 spiro atoms. The van der Waals surface area contributed by atoms with Crippen LogP contribution in [0.3, 0.4) is 0 Å². The number of hydrogen-bond donors (Lipinski definition) is 1. The molecule has 0 fully saturated rings. The minimum Gasteiger partial charge on any atom is -0.366 e. The van der Waals surface area contributed by atoms with E-state index in [4.69, 9.17) is 0 Å². The molecule has 1 aliphatic heterocycles. The molecular weight excluding hydrogens is 138 g/mol. The maximum absolute atomic E-state index is 4.22. The quantitative estimate of drug-likeness (QED) is 0.636. The van der Waals surface area contributed by atoms with Crippen molar-refractivity contribution in [2.24, 2.45) is 4.99 Å². The minimum atomic E-state index is 0.288. The molecule has 1 atom stereocenters. The molecule has 0 saturated heterocycles. The van der Waals surface area contributed by atoms with Crippen LogP contribution in [-0.2, 0) is 0 Å². The molecular formula is C8H9N3. The van der Waals surface area contributed by atoms with Gasteiger partial charge in [-0.1, -0.05) is 6.07 Å². The number of pyridine rings is 1. The maximum Gasteiger partial charge on any atom is 0.0889 e. The number of rotatable bonds is 1. The van der Waals surface area contributed by atoms with Gasteiger partial charge in [-0.25, -0.2) is 0 Å². The fraction of sp³-hybridized carbons (Fsp3) is 0.250. The van der Waals surface area contributed by atoms with Crippen LogP contribution in [0.5, 0.6) is 0 Å². The summed E-state index contributed by atoms with van der Waals surface area (Å²) < 4.78 is 0. The van der Waals surface area contributed by atoms with Crippen LogP contribution in [0.15, 0.2) is 29.4 Å². The third-order valence-electron chi connectivity index (χ3n) is 1.70. The smallest absolute Gasteiger partial charge is 0.0889 e. The van der Waals surface area contributed by atoms with Crippen LogP contribution in [0, 0.1) is 0 Å². The first-order valence-electron chi connectivity index (χ1n) is 3.62. The first kappa shape index (κ1) is 6.34.